The Morgan fingerprint density at radius 1 is 1.25 bits per heavy atom. The van der Waals surface area contributed by atoms with E-state index in [-0.39, 0.29) is 11.2 Å². The molecule has 0 aliphatic carbocycles. The van der Waals surface area contributed by atoms with Crippen molar-refractivity contribution in [1.82, 2.24) is 15.2 Å². The number of thioether (sulfide) groups is 1. The van der Waals surface area contributed by atoms with Crippen molar-refractivity contribution in [3.63, 3.8) is 0 Å². The van der Waals surface area contributed by atoms with Crippen molar-refractivity contribution in [3.8, 4) is 0 Å². The van der Waals surface area contributed by atoms with Crippen LogP contribution in [-0.2, 0) is 11.2 Å². The summed E-state index contributed by atoms with van der Waals surface area (Å²) in [4.78, 5) is 16.3. The summed E-state index contributed by atoms with van der Waals surface area (Å²) in [6.07, 6.45) is 0.724. The quantitative estimate of drug-likeness (QED) is 0.859. The molecule has 0 bridgehead atoms. The van der Waals surface area contributed by atoms with Gasteiger partial charge in [0.15, 0.2) is 0 Å². The summed E-state index contributed by atoms with van der Waals surface area (Å²) in [5.74, 6) is 1.44. The Kier molecular flexibility index (Phi) is 4.60. The molecule has 0 unspecified atom stereocenters. The van der Waals surface area contributed by atoms with Crippen molar-refractivity contribution in [3.05, 3.63) is 41.7 Å². The van der Waals surface area contributed by atoms with Crippen LogP contribution < -0.4 is 0 Å². The molecule has 1 N–H and O–H groups in total. The van der Waals surface area contributed by atoms with Crippen LogP contribution in [0.4, 0.5) is 0 Å². The van der Waals surface area contributed by atoms with Crippen LogP contribution in [0.3, 0.4) is 0 Å². The van der Waals surface area contributed by atoms with Gasteiger partial charge in [-0.05, 0) is 5.56 Å². The SMILES string of the molecule is CC(C)(C)C(=O)CSc1n[nH]c(Cc2ccccc2)n1. The number of carbonyl (C=O) groups is 1. The van der Waals surface area contributed by atoms with Gasteiger partial charge in [-0.3, -0.25) is 9.89 Å². The lowest BCUT2D eigenvalue weighted by Gasteiger charge is -2.15. The number of rotatable bonds is 5. The number of aromatic nitrogens is 3. The molecule has 106 valence electrons. The molecule has 2 aromatic rings. The molecule has 20 heavy (non-hydrogen) atoms. The summed E-state index contributed by atoms with van der Waals surface area (Å²) in [6, 6.07) is 10.1. The number of hydrogen-bond acceptors (Lipinski definition) is 4. The molecule has 0 saturated carbocycles. The number of hydrogen-bond donors (Lipinski definition) is 1. The van der Waals surface area contributed by atoms with Gasteiger partial charge in [-0.1, -0.05) is 62.9 Å². The van der Waals surface area contributed by atoms with E-state index in [9.17, 15) is 4.79 Å². The van der Waals surface area contributed by atoms with Gasteiger partial charge in [0, 0.05) is 11.8 Å². The topological polar surface area (TPSA) is 58.6 Å². The first-order valence-corrected chi connectivity index (χ1v) is 7.55. The number of benzene rings is 1. The van der Waals surface area contributed by atoms with E-state index in [1.54, 1.807) is 0 Å². The predicted octanol–water partition coefficient (Wildman–Crippen LogP) is 3.10. The molecular formula is C15H19N3OS. The Balaban J connectivity index is 1.91. The fourth-order valence-electron chi connectivity index (χ4n) is 1.56. The van der Waals surface area contributed by atoms with Gasteiger partial charge in [-0.25, -0.2) is 4.98 Å². The average molecular weight is 289 g/mol. The fraction of sp³-hybridized carbons (Fsp3) is 0.400. The van der Waals surface area contributed by atoms with E-state index >= 15 is 0 Å². The molecule has 0 aliphatic rings. The van der Waals surface area contributed by atoms with Crippen LogP contribution in [0.2, 0.25) is 0 Å². The van der Waals surface area contributed by atoms with Crippen molar-refractivity contribution in [1.29, 1.82) is 0 Å². The Labute approximate surface area is 123 Å². The summed E-state index contributed by atoms with van der Waals surface area (Å²) in [7, 11) is 0. The van der Waals surface area contributed by atoms with E-state index in [0.717, 1.165) is 12.2 Å². The molecule has 0 saturated heterocycles. The second-order valence-electron chi connectivity index (χ2n) is 5.69. The lowest BCUT2D eigenvalue weighted by atomic mass is 9.92. The van der Waals surface area contributed by atoms with Crippen LogP contribution in [0.5, 0.6) is 0 Å². The van der Waals surface area contributed by atoms with E-state index in [4.69, 9.17) is 0 Å². The molecule has 0 aliphatic heterocycles. The second-order valence-corrected chi connectivity index (χ2v) is 6.63. The number of H-pyrrole nitrogens is 1. The molecule has 2 rings (SSSR count). The minimum atomic E-state index is -0.309. The minimum Gasteiger partial charge on any atom is -0.298 e. The highest BCUT2D eigenvalue weighted by atomic mass is 32.2. The van der Waals surface area contributed by atoms with Gasteiger partial charge in [0.1, 0.15) is 11.6 Å². The molecule has 0 atom stereocenters. The largest absolute Gasteiger partial charge is 0.298 e. The smallest absolute Gasteiger partial charge is 0.208 e. The molecule has 1 aromatic carbocycles. The fourth-order valence-corrected chi connectivity index (χ4v) is 2.54. The molecular weight excluding hydrogens is 270 g/mol. The highest BCUT2D eigenvalue weighted by molar-refractivity contribution is 7.99. The molecule has 4 nitrogen and oxygen atoms in total. The van der Waals surface area contributed by atoms with E-state index in [0.29, 0.717) is 10.9 Å². The molecule has 1 aromatic heterocycles. The van der Waals surface area contributed by atoms with Crippen molar-refractivity contribution >= 4 is 17.5 Å². The normalized spacial score (nSPS) is 11.6. The highest BCUT2D eigenvalue weighted by Crippen LogP contribution is 2.21. The number of nitrogens with one attached hydrogen (secondary N) is 1. The molecule has 0 amide bonds. The van der Waals surface area contributed by atoms with Gasteiger partial charge in [0.25, 0.3) is 0 Å². The molecule has 0 spiro atoms. The average Bonchev–Trinajstić information content (AvgIpc) is 2.83. The summed E-state index contributed by atoms with van der Waals surface area (Å²) in [5, 5.41) is 7.70. The lowest BCUT2D eigenvalue weighted by Crippen LogP contribution is -2.22. The third kappa shape index (κ3) is 4.20. The third-order valence-electron chi connectivity index (χ3n) is 2.89. The van der Waals surface area contributed by atoms with Crippen molar-refractivity contribution in [2.45, 2.75) is 32.3 Å². The summed E-state index contributed by atoms with van der Waals surface area (Å²) in [5.41, 5.74) is 0.877. The van der Waals surface area contributed by atoms with Gasteiger partial charge < -0.3 is 0 Å². The summed E-state index contributed by atoms with van der Waals surface area (Å²) in [6.45, 7) is 5.78. The molecule has 5 heteroatoms. The maximum absolute atomic E-state index is 11.8. The van der Waals surface area contributed by atoms with Gasteiger partial charge in [-0.15, -0.1) is 5.10 Å². The van der Waals surface area contributed by atoms with Crippen LogP contribution in [0.25, 0.3) is 0 Å². The minimum absolute atomic E-state index is 0.205. The van der Waals surface area contributed by atoms with Gasteiger partial charge in [0.2, 0.25) is 5.16 Å². The third-order valence-corrected chi connectivity index (χ3v) is 3.74. The maximum Gasteiger partial charge on any atom is 0.208 e. The Hall–Kier alpha value is -1.62. The Morgan fingerprint density at radius 2 is 1.95 bits per heavy atom. The Morgan fingerprint density at radius 3 is 2.60 bits per heavy atom. The zero-order chi connectivity index (χ0) is 14.6. The first-order valence-electron chi connectivity index (χ1n) is 6.56. The maximum atomic E-state index is 11.8. The highest BCUT2D eigenvalue weighted by Gasteiger charge is 2.21. The first kappa shape index (κ1) is 14.8. The van der Waals surface area contributed by atoms with Gasteiger partial charge in [-0.2, -0.15) is 0 Å². The van der Waals surface area contributed by atoms with E-state index in [1.807, 2.05) is 39.0 Å². The van der Waals surface area contributed by atoms with Gasteiger partial charge in [0.05, 0.1) is 5.75 Å². The molecule has 0 fully saturated rings. The van der Waals surface area contributed by atoms with Crippen LogP contribution in [0, 0.1) is 5.41 Å². The number of ketones is 1. The summed E-state index contributed by atoms with van der Waals surface area (Å²) >= 11 is 1.38. The van der Waals surface area contributed by atoms with Crippen molar-refractivity contribution in [2.24, 2.45) is 5.41 Å². The summed E-state index contributed by atoms with van der Waals surface area (Å²) < 4.78 is 0. The standard InChI is InChI=1S/C15H19N3OS/c1-15(2,3)12(19)10-20-14-16-13(17-18-14)9-11-7-5-4-6-8-11/h4-8H,9-10H2,1-3H3,(H,16,17,18). The zero-order valence-corrected chi connectivity index (χ0v) is 12.8. The second kappa shape index (κ2) is 6.22. The van der Waals surface area contributed by atoms with Crippen LogP contribution in [-0.4, -0.2) is 26.7 Å². The lowest BCUT2D eigenvalue weighted by molar-refractivity contribution is -0.123. The van der Waals surface area contributed by atoms with Crippen molar-refractivity contribution in [2.75, 3.05) is 5.75 Å². The number of carbonyl (C=O) groups excluding carboxylic acids is 1. The van der Waals surface area contributed by atoms with Crippen LogP contribution in [0.15, 0.2) is 35.5 Å². The van der Waals surface area contributed by atoms with E-state index in [2.05, 4.69) is 27.3 Å². The zero-order valence-electron chi connectivity index (χ0n) is 12.0. The number of aromatic amines is 1. The van der Waals surface area contributed by atoms with Crippen molar-refractivity contribution < 1.29 is 4.79 Å². The van der Waals surface area contributed by atoms with E-state index in [1.165, 1.54) is 17.3 Å². The van der Waals surface area contributed by atoms with Crippen LogP contribution in [0.1, 0.15) is 32.2 Å². The molecule has 0 radical (unpaired) electrons. The first-order chi connectivity index (χ1) is 9.45. The van der Waals surface area contributed by atoms with Gasteiger partial charge >= 0.3 is 0 Å². The monoisotopic (exact) mass is 289 g/mol. The van der Waals surface area contributed by atoms with E-state index < -0.39 is 0 Å². The molecule has 1 heterocycles. The predicted molar refractivity (Wildman–Crippen MR) is 80.8 cm³/mol. The number of nitrogens with zero attached hydrogens (tertiary/aromatic N) is 2. The Bertz CT molecular complexity index is 572. The number of Topliss-reactive ketones (excluding diaryl/α,β-unsaturated/α-hetero) is 1. The van der Waals surface area contributed by atoms with Crippen LogP contribution >= 0.6 is 11.8 Å².